The minimum atomic E-state index is -1.12. The molecule has 0 radical (unpaired) electrons. The number of nitrogen functional groups attached to an aromatic ring is 1. The van der Waals surface area contributed by atoms with Crippen molar-refractivity contribution in [1.82, 2.24) is 4.90 Å². The van der Waals surface area contributed by atoms with Crippen LogP contribution in [0.15, 0.2) is 42.5 Å². The number of aliphatic carboxylic acids is 1. The van der Waals surface area contributed by atoms with Gasteiger partial charge in [-0.1, -0.05) is 17.7 Å². The third-order valence-corrected chi connectivity index (χ3v) is 3.69. The molecule has 0 saturated carbocycles. The van der Waals surface area contributed by atoms with Gasteiger partial charge in [-0.15, -0.1) is 0 Å². The molecule has 0 saturated heterocycles. The number of carbonyl (C=O) groups excluding carboxylic acids is 1. The van der Waals surface area contributed by atoms with E-state index in [1.54, 1.807) is 42.5 Å². The summed E-state index contributed by atoms with van der Waals surface area (Å²) in [6.45, 7) is -0.442. The summed E-state index contributed by atoms with van der Waals surface area (Å²) >= 11 is 5.82. The topological polar surface area (TPSA) is 92.9 Å². The molecular weight excluding hydrogens is 332 g/mol. The fraction of sp³-hybridized carbons (Fsp3) is 0.176. The van der Waals surface area contributed by atoms with Crippen molar-refractivity contribution in [3.63, 3.8) is 0 Å². The van der Waals surface area contributed by atoms with Crippen molar-refractivity contribution in [2.75, 3.05) is 19.4 Å². The normalized spacial score (nSPS) is 10.2. The Morgan fingerprint density at radius 2 is 1.88 bits per heavy atom. The monoisotopic (exact) mass is 348 g/mol. The van der Waals surface area contributed by atoms with Crippen molar-refractivity contribution in [3.05, 3.63) is 58.6 Å². The number of carboxylic acid groups (broad SMARTS) is 1. The van der Waals surface area contributed by atoms with Gasteiger partial charge in [0.25, 0.3) is 5.91 Å². The molecular formula is C17H17ClN2O4. The maximum Gasteiger partial charge on any atom is 0.323 e. The number of carboxylic acids is 1. The Morgan fingerprint density at radius 1 is 1.21 bits per heavy atom. The van der Waals surface area contributed by atoms with Gasteiger partial charge >= 0.3 is 5.97 Å². The van der Waals surface area contributed by atoms with Gasteiger partial charge in [-0.25, -0.2) is 0 Å². The lowest BCUT2D eigenvalue weighted by molar-refractivity contribution is -0.137. The molecule has 0 unspecified atom stereocenters. The van der Waals surface area contributed by atoms with Crippen LogP contribution in [0, 0.1) is 0 Å². The van der Waals surface area contributed by atoms with E-state index in [1.807, 2.05) is 0 Å². The predicted octanol–water partition coefficient (Wildman–Crippen LogP) is 2.66. The maximum atomic E-state index is 12.6. The van der Waals surface area contributed by atoms with Crippen LogP contribution in [0.1, 0.15) is 15.9 Å². The average Bonchev–Trinajstić information content (AvgIpc) is 2.55. The molecule has 0 aromatic heterocycles. The zero-order valence-electron chi connectivity index (χ0n) is 13.0. The Bertz CT molecular complexity index is 747. The molecule has 0 aliphatic heterocycles. The summed E-state index contributed by atoms with van der Waals surface area (Å²) in [6, 6.07) is 11.3. The quantitative estimate of drug-likeness (QED) is 0.783. The van der Waals surface area contributed by atoms with Gasteiger partial charge in [0.1, 0.15) is 12.3 Å². The number of carbonyl (C=O) groups is 2. The van der Waals surface area contributed by atoms with E-state index in [9.17, 15) is 9.59 Å². The lowest BCUT2D eigenvalue weighted by Crippen LogP contribution is -2.35. The first kappa shape index (κ1) is 17.6. The third kappa shape index (κ3) is 4.17. The van der Waals surface area contributed by atoms with Gasteiger partial charge < -0.3 is 20.5 Å². The van der Waals surface area contributed by atoms with Crippen molar-refractivity contribution in [2.24, 2.45) is 0 Å². The summed E-state index contributed by atoms with van der Waals surface area (Å²) in [7, 11) is 1.49. The zero-order valence-corrected chi connectivity index (χ0v) is 13.8. The number of anilines is 1. The Kier molecular flexibility index (Phi) is 5.65. The fourth-order valence-electron chi connectivity index (χ4n) is 2.27. The van der Waals surface area contributed by atoms with E-state index in [1.165, 1.54) is 12.0 Å². The molecule has 0 atom stereocenters. The lowest BCUT2D eigenvalue weighted by Gasteiger charge is -2.23. The van der Waals surface area contributed by atoms with Crippen LogP contribution in [0.5, 0.6) is 5.75 Å². The van der Waals surface area contributed by atoms with Crippen LogP contribution in [-0.2, 0) is 11.3 Å². The molecule has 0 fully saturated rings. The highest BCUT2D eigenvalue weighted by atomic mass is 35.5. The van der Waals surface area contributed by atoms with Crippen LogP contribution in [0.2, 0.25) is 5.02 Å². The number of nitrogens with zero attached hydrogens (tertiary/aromatic N) is 1. The van der Waals surface area contributed by atoms with Gasteiger partial charge in [-0.3, -0.25) is 9.59 Å². The Labute approximate surface area is 144 Å². The summed E-state index contributed by atoms with van der Waals surface area (Å²) in [6.07, 6.45) is 0. The highest BCUT2D eigenvalue weighted by Gasteiger charge is 2.21. The highest BCUT2D eigenvalue weighted by Crippen LogP contribution is 2.26. The smallest absolute Gasteiger partial charge is 0.323 e. The largest absolute Gasteiger partial charge is 0.496 e. The maximum absolute atomic E-state index is 12.6. The summed E-state index contributed by atoms with van der Waals surface area (Å²) in [5.74, 6) is -1.06. The van der Waals surface area contributed by atoms with Crippen LogP contribution < -0.4 is 10.5 Å². The molecule has 2 aromatic carbocycles. The second kappa shape index (κ2) is 7.70. The first-order valence-electron chi connectivity index (χ1n) is 7.10. The number of rotatable bonds is 6. The van der Waals surface area contributed by atoms with Gasteiger partial charge in [-0.05, 0) is 36.4 Å². The SMILES string of the molecule is COc1cccc(N)c1CN(CC(=O)O)C(=O)c1ccc(Cl)cc1. The van der Waals surface area contributed by atoms with Gasteiger partial charge in [0.2, 0.25) is 0 Å². The lowest BCUT2D eigenvalue weighted by atomic mass is 10.1. The van der Waals surface area contributed by atoms with Gasteiger partial charge in [0, 0.05) is 21.8 Å². The number of halogens is 1. The van der Waals surface area contributed by atoms with E-state index in [4.69, 9.17) is 27.2 Å². The van der Waals surface area contributed by atoms with Crippen molar-refractivity contribution >= 4 is 29.2 Å². The summed E-state index contributed by atoms with van der Waals surface area (Å²) in [5.41, 5.74) is 7.28. The summed E-state index contributed by atoms with van der Waals surface area (Å²) < 4.78 is 5.25. The number of hydrogen-bond acceptors (Lipinski definition) is 4. The standard InChI is InChI=1S/C17H17ClN2O4/c1-24-15-4-2-3-14(19)13(15)9-20(10-16(21)22)17(23)11-5-7-12(18)8-6-11/h2-8H,9-10,19H2,1H3,(H,21,22). The van der Waals surface area contributed by atoms with E-state index >= 15 is 0 Å². The molecule has 126 valence electrons. The molecule has 1 amide bonds. The second-order valence-corrected chi connectivity index (χ2v) is 5.53. The molecule has 24 heavy (non-hydrogen) atoms. The predicted molar refractivity (Wildman–Crippen MR) is 91.2 cm³/mol. The molecule has 0 aliphatic carbocycles. The molecule has 0 bridgehead atoms. The van der Waals surface area contributed by atoms with E-state index in [0.717, 1.165) is 0 Å². The summed E-state index contributed by atoms with van der Waals surface area (Å²) in [4.78, 5) is 25.0. The molecule has 2 aromatic rings. The van der Waals surface area contributed by atoms with Gasteiger partial charge in [0.05, 0.1) is 13.7 Å². The first-order chi connectivity index (χ1) is 11.4. The van der Waals surface area contributed by atoms with E-state index in [0.29, 0.717) is 27.6 Å². The van der Waals surface area contributed by atoms with Crippen LogP contribution in [-0.4, -0.2) is 35.5 Å². The van der Waals surface area contributed by atoms with Crippen molar-refractivity contribution in [3.8, 4) is 5.75 Å². The number of methoxy groups -OCH3 is 1. The van der Waals surface area contributed by atoms with Gasteiger partial charge in [0.15, 0.2) is 0 Å². The van der Waals surface area contributed by atoms with Gasteiger partial charge in [-0.2, -0.15) is 0 Å². The Morgan fingerprint density at radius 3 is 2.46 bits per heavy atom. The van der Waals surface area contributed by atoms with E-state index < -0.39 is 18.4 Å². The van der Waals surface area contributed by atoms with Crippen molar-refractivity contribution in [1.29, 1.82) is 0 Å². The summed E-state index contributed by atoms with van der Waals surface area (Å²) in [5, 5.41) is 9.61. The van der Waals surface area contributed by atoms with Crippen molar-refractivity contribution in [2.45, 2.75) is 6.54 Å². The minimum absolute atomic E-state index is 0.0175. The molecule has 0 spiro atoms. The highest BCUT2D eigenvalue weighted by molar-refractivity contribution is 6.30. The van der Waals surface area contributed by atoms with Crippen LogP contribution in [0.4, 0.5) is 5.69 Å². The van der Waals surface area contributed by atoms with E-state index in [2.05, 4.69) is 0 Å². The molecule has 7 heteroatoms. The number of benzene rings is 2. The van der Waals surface area contributed by atoms with Crippen LogP contribution >= 0.6 is 11.6 Å². The molecule has 0 aliphatic rings. The van der Waals surface area contributed by atoms with E-state index in [-0.39, 0.29) is 6.54 Å². The first-order valence-corrected chi connectivity index (χ1v) is 7.48. The van der Waals surface area contributed by atoms with Crippen LogP contribution in [0.3, 0.4) is 0 Å². The number of nitrogens with two attached hydrogens (primary N) is 1. The van der Waals surface area contributed by atoms with Crippen molar-refractivity contribution < 1.29 is 19.4 Å². The zero-order chi connectivity index (χ0) is 17.7. The number of ether oxygens (including phenoxy) is 1. The molecule has 3 N–H and O–H groups in total. The third-order valence-electron chi connectivity index (χ3n) is 3.44. The number of amides is 1. The number of hydrogen-bond donors (Lipinski definition) is 2. The fourth-order valence-corrected chi connectivity index (χ4v) is 2.40. The molecule has 2 rings (SSSR count). The Hall–Kier alpha value is -2.73. The minimum Gasteiger partial charge on any atom is -0.496 e. The average molecular weight is 349 g/mol. The molecule has 0 heterocycles. The van der Waals surface area contributed by atoms with Crippen LogP contribution in [0.25, 0.3) is 0 Å². The Balaban J connectivity index is 2.34. The second-order valence-electron chi connectivity index (χ2n) is 5.09. The molecule has 6 nitrogen and oxygen atoms in total.